The third-order valence-corrected chi connectivity index (χ3v) is 3.49. The standard InChI is InChI=1S/C15H21F2NO2/c1-3-18-9-11-7-12(11)10-5-6-13(20-15(16)17)14(8-10)19-4-2/h5-6,8,11-12,15,18H,3-4,7,9H2,1-2H3. The van der Waals surface area contributed by atoms with Crippen LogP contribution in [0.15, 0.2) is 18.2 Å². The van der Waals surface area contributed by atoms with Crippen LogP contribution in [0.1, 0.15) is 31.7 Å². The first kappa shape index (κ1) is 15.0. The van der Waals surface area contributed by atoms with Crippen molar-refractivity contribution in [2.45, 2.75) is 32.8 Å². The van der Waals surface area contributed by atoms with Crippen molar-refractivity contribution < 1.29 is 18.3 Å². The summed E-state index contributed by atoms with van der Waals surface area (Å²) in [6, 6.07) is 5.27. The Labute approximate surface area is 118 Å². The van der Waals surface area contributed by atoms with Crippen LogP contribution in [0.2, 0.25) is 0 Å². The van der Waals surface area contributed by atoms with Crippen molar-refractivity contribution in [3.05, 3.63) is 23.8 Å². The fraction of sp³-hybridized carbons (Fsp3) is 0.600. The lowest BCUT2D eigenvalue weighted by molar-refractivity contribution is -0.0514. The number of halogens is 2. The summed E-state index contributed by atoms with van der Waals surface area (Å²) in [5, 5.41) is 3.33. The highest BCUT2D eigenvalue weighted by molar-refractivity contribution is 5.45. The minimum atomic E-state index is -2.83. The van der Waals surface area contributed by atoms with Crippen LogP contribution in [0.25, 0.3) is 0 Å². The Bertz CT molecular complexity index is 440. The van der Waals surface area contributed by atoms with Crippen molar-refractivity contribution in [3.63, 3.8) is 0 Å². The topological polar surface area (TPSA) is 30.5 Å². The minimum absolute atomic E-state index is 0.106. The summed E-state index contributed by atoms with van der Waals surface area (Å²) in [4.78, 5) is 0. The van der Waals surface area contributed by atoms with Crippen LogP contribution < -0.4 is 14.8 Å². The summed E-state index contributed by atoms with van der Waals surface area (Å²) in [6.07, 6.45) is 1.13. The van der Waals surface area contributed by atoms with Crippen molar-refractivity contribution in [1.29, 1.82) is 0 Å². The maximum absolute atomic E-state index is 12.3. The van der Waals surface area contributed by atoms with E-state index >= 15 is 0 Å². The van der Waals surface area contributed by atoms with Crippen molar-refractivity contribution in [2.75, 3.05) is 19.7 Å². The molecule has 1 N–H and O–H groups in total. The van der Waals surface area contributed by atoms with Gasteiger partial charge in [0.1, 0.15) is 0 Å². The lowest BCUT2D eigenvalue weighted by atomic mass is 10.1. The molecule has 5 heteroatoms. The van der Waals surface area contributed by atoms with Gasteiger partial charge >= 0.3 is 6.61 Å². The second-order valence-electron chi connectivity index (χ2n) is 4.93. The molecule has 1 aliphatic carbocycles. The summed E-state index contributed by atoms with van der Waals surface area (Å²) in [6.45, 7) is 3.47. The number of hydrogen-bond acceptors (Lipinski definition) is 3. The number of rotatable bonds is 8. The second-order valence-corrected chi connectivity index (χ2v) is 4.93. The summed E-state index contributed by atoms with van der Waals surface area (Å²) in [5.41, 5.74) is 1.14. The van der Waals surface area contributed by atoms with E-state index in [1.165, 1.54) is 0 Å². The van der Waals surface area contributed by atoms with E-state index in [9.17, 15) is 8.78 Å². The zero-order valence-electron chi connectivity index (χ0n) is 11.9. The van der Waals surface area contributed by atoms with Crippen molar-refractivity contribution in [3.8, 4) is 11.5 Å². The number of benzene rings is 1. The van der Waals surface area contributed by atoms with Gasteiger partial charge in [-0.1, -0.05) is 13.0 Å². The van der Waals surface area contributed by atoms with Crippen molar-refractivity contribution in [1.82, 2.24) is 5.32 Å². The van der Waals surface area contributed by atoms with E-state index in [0.29, 0.717) is 24.2 Å². The fourth-order valence-electron chi connectivity index (χ4n) is 2.43. The van der Waals surface area contributed by atoms with Gasteiger partial charge in [-0.25, -0.2) is 0 Å². The Morgan fingerprint density at radius 1 is 1.30 bits per heavy atom. The average molecular weight is 285 g/mol. The molecule has 1 aromatic carbocycles. The third kappa shape index (κ3) is 3.82. The second kappa shape index (κ2) is 6.88. The van der Waals surface area contributed by atoms with Gasteiger partial charge in [-0.15, -0.1) is 0 Å². The van der Waals surface area contributed by atoms with Gasteiger partial charge in [0.05, 0.1) is 6.61 Å². The van der Waals surface area contributed by atoms with E-state index in [0.717, 1.165) is 25.1 Å². The lowest BCUT2D eigenvalue weighted by Crippen LogP contribution is -2.16. The predicted octanol–water partition coefficient (Wildman–Crippen LogP) is 3.40. The van der Waals surface area contributed by atoms with Gasteiger partial charge in [-0.05, 0) is 56.0 Å². The summed E-state index contributed by atoms with van der Waals surface area (Å²) in [5.74, 6) is 1.63. The number of ether oxygens (including phenoxy) is 2. The smallest absolute Gasteiger partial charge is 0.387 e. The first-order valence-electron chi connectivity index (χ1n) is 7.08. The van der Waals surface area contributed by atoms with Crippen LogP contribution >= 0.6 is 0 Å². The highest BCUT2D eigenvalue weighted by atomic mass is 19.3. The van der Waals surface area contributed by atoms with E-state index in [1.54, 1.807) is 6.07 Å². The van der Waals surface area contributed by atoms with E-state index in [4.69, 9.17) is 4.74 Å². The molecule has 20 heavy (non-hydrogen) atoms. The van der Waals surface area contributed by atoms with Gasteiger partial charge in [-0.3, -0.25) is 0 Å². The zero-order valence-corrected chi connectivity index (χ0v) is 11.9. The first-order valence-corrected chi connectivity index (χ1v) is 7.08. The maximum atomic E-state index is 12.3. The molecule has 0 bridgehead atoms. The number of alkyl halides is 2. The van der Waals surface area contributed by atoms with Gasteiger partial charge in [0.2, 0.25) is 0 Å². The van der Waals surface area contributed by atoms with Gasteiger partial charge in [0.15, 0.2) is 11.5 Å². The van der Waals surface area contributed by atoms with Crippen LogP contribution in [-0.4, -0.2) is 26.3 Å². The third-order valence-electron chi connectivity index (χ3n) is 3.49. The zero-order chi connectivity index (χ0) is 14.5. The van der Waals surface area contributed by atoms with Gasteiger partial charge < -0.3 is 14.8 Å². The summed E-state index contributed by atoms with van der Waals surface area (Å²) < 4.78 is 34.5. The quantitative estimate of drug-likeness (QED) is 0.794. The molecule has 1 saturated carbocycles. The Balaban J connectivity index is 2.06. The molecular formula is C15H21F2NO2. The molecule has 0 amide bonds. The molecule has 0 spiro atoms. The molecular weight excluding hydrogens is 264 g/mol. The fourth-order valence-corrected chi connectivity index (χ4v) is 2.43. The Kier molecular flexibility index (Phi) is 5.17. The molecule has 0 heterocycles. The molecule has 0 aliphatic heterocycles. The van der Waals surface area contributed by atoms with E-state index in [2.05, 4.69) is 17.0 Å². The highest BCUT2D eigenvalue weighted by Gasteiger charge is 2.38. The predicted molar refractivity (Wildman–Crippen MR) is 73.6 cm³/mol. The van der Waals surface area contributed by atoms with Crippen LogP contribution in [0, 0.1) is 5.92 Å². The average Bonchev–Trinajstić information content (AvgIpc) is 3.17. The molecule has 0 aromatic heterocycles. The Morgan fingerprint density at radius 2 is 2.10 bits per heavy atom. The molecule has 3 nitrogen and oxygen atoms in total. The summed E-state index contributed by atoms with van der Waals surface area (Å²) >= 11 is 0. The van der Waals surface area contributed by atoms with Crippen LogP contribution in [0.4, 0.5) is 8.78 Å². The van der Waals surface area contributed by atoms with Crippen molar-refractivity contribution >= 4 is 0 Å². The molecule has 1 fully saturated rings. The highest BCUT2D eigenvalue weighted by Crippen LogP contribution is 2.48. The normalized spacial score (nSPS) is 21.1. The molecule has 1 aliphatic rings. The minimum Gasteiger partial charge on any atom is -0.490 e. The molecule has 2 atom stereocenters. The van der Waals surface area contributed by atoms with Crippen LogP contribution in [0.5, 0.6) is 11.5 Å². The molecule has 112 valence electrons. The summed E-state index contributed by atoms with van der Waals surface area (Å²) in [7, 11) is 0. The van der Waals surface area contributed by atoms with Gasteiger partial charge in [0.25, 0.3) is 0 Å². The molecule has 0 saturated heterocycles. The molecule has 2 rings (SSSR count). The van der Waals surface area contributed by atoms with E-state index in [-0.39, 0.29) is 5.75 Å². The number of nitrogens with one attached hydrogen (secondary N) is 1. The largest absolute Gasteiger partial charge is 0.490 e. The van der Waals surface area contributed by atoms with E-state index < -0.39 is 6.61 Å². The van der Waals surface area contributed by atoms with Crippen LogP contribution in [0.3, 0.4) is 0 Å². The van der Waals surface area contributed by atoms with Gasteiger partial charge in [-0.2, -0.15) is 8.78 Å². The molecule has 2 unspecified atom stereocenters. The van der Waals surface area contributed by atoms with Gasteiger partial charge in [0, 0.05) is 0 Å². The molecule has 0 radical (unpaired) electrons. The Morgan fingerprint density at radius 3 is 2.75 bits per heavy atom. The monoisotopic (exact) mass is 285 g/mol. The first-order chi connectivity index (χ1) is 9.65. The lowest BCUT2D eigenvalue weighted by Gasteiger charge is -2.12. The van der Waals surface area contributed by atoms with Crippen LogP contribution in [-0.2, 0) is 0 Å². The SMILES string of the molecule is CCNCC1CC1c1ccc(OC(F)F)c(OCC)c1. The maximum Gasteiger partial charge on any atom is 0.387 e. The molecule has 1 aromatic rings. The van der Waals surface area contributed by atoms with E-state index in [1.807, 2.05) is 19.1 Å². The number of hydrogen-bond donors (Lipinski definition) is 1. The Hall–Kier alpha value is -1.36. The van der Waals surface area contributed by atoms with Crippen molar-refractivity contribution in [2.24, 2.45) is 5.92 Å².